The van der Waals surface area contributed by atoms with Crippen LogP contribution in [0.2, 0.25) is 0 Å². The number of carbonyl (C=O) groups is 1. The van der Waals surface area contributed by atoms with Crippen molar-refractivity contribution in [3.63, 3.8) is 0 Å². The Balaban J connectivity index is 2.33. The van der Waals surface area contributed by atoms with E-state index < -0.39 is 5.97 Å². The predicted octanol–water partition coefficient (Wildman–Crippen LogP) is 7.72. The molecule has 0 fully saturated rings. The van der Waals surface area contributed by atoms with E-state index in [-0.39, 0.29) is 24.0 Å². The topological polar surface area (TPSA) is 66.8 Å². The first kappa shape index (κ1) is 30.6. The van der Waals surface area contributed by atoms with Crippen LogP contribution >= 0.6 is 0 Å². The Morgan fingerprint density at radius 3 is 2.18 bits per heavy atom. The molecule has 196 valence electrons. The van der Waals surface area contributed by atoms with Crippen LogP contribution in [0.5, 0.6) is 0 Å². The number of carboxylic acids is 1. The van der Waals surface area contributed by atoms with Gasteiger partial charge in [-0.25, -0.2) is 0 Å². The van der Waals surface area contributed by atoms with Gasteiger partial charge in [0.2, 0.25) is 0 Å². The number of aliphatic hydroxyl groups excluding tert-OH is 1. The van der Waals surface area contributed by atoms with Crippen molar-refractivity contribution in [2.75, 3.05) is 6.61 Å². The summed E-state index contributed by atoms with van der Waals surface area (Å²) in [6.07, 6.45) is 15.9. The molecule has 0 aliphatic heterocycles. The maximum absolute atomic E-state index is 10.9. The molecule has 0 aromatic heterocycles. The van der Waals surface area contributed by atoms with Crippen LogP contribution in [0.25, 0.3) is 0 Å². The summed E-state index contributed by atoms with van der Waals surface area (Å²) in [6.45, 7) is 15.6. The van der Waals surface area contributed by atoms with Crippen molar-refractivity contribution in [2.45, 2.75) is 118 Å². The molecule has 4 heteroatoms. The number of allylic oxidation sites excluding steroid dienone is 4. The molecule has 0 radical (unpaired) electrons. The second-order valence-electron chi connectivity index (χ2n) is 10.8. The minimum Gasteiger partial charge on any atom is -0.481 e. The molecule has 0 saturated heterocycles. The van der Waals surface area contributed by atoms with Crippen molar-refractivity contribution in [1.29, 1.82) is 0 Å². The van der Waals surface area contributed by atoms with Crippen molar-refractivity contribution in [3.05, 3.63) is 34.9 Å². The zero-order valence-corrected chi connectivity index (χ0v) is 23.0. The highest BCUT2D eigenvalue weighted by molar-refractivity contribution is 5.69. The molecule has 1 aliphatic rings. The van der Waals surface area contributed by atoms with Crippen LogP contribution in [0.4, 0.5) is 0 Å². The molecular weight excluding hydrogens is 424 g/mol. The van der Waals surface area contributed by atoms with Crippen LogP contribution in [0.3, 0.4) is 0 Å². The quantitative estimate of drug-likeness (QED) is 0.224. The lowest BCUT2D eigenvalue weighted by Gasteiger charge is -2.37. The van der Waals surface area contributed by atoms with Crippen molar-refractivity contribution >= 4 is 5.97 Å². The minimum atomic E-state index is -0.704. The predicted molar refractivity (Wildman–Crippen MR) is 143 cm³/mol. The van der Waals surface area contributed by atoms with Crippen LogP contribution in [-0.4, -0.2) is 35.0 Å². The highest BCUT2D eigenvalue weighted by Gasteiger charge is 2.34. The molecule has 0 aromatic carbocycles. The van der Waals surface area contributed by atoms with E-state index in [1.165, 1.54) is 23.1 Å². The van der Waals surface area contributed by atoms with Crippen molar-refractivity contribution < 1.29 is 19.7 Å². The molecule has 0 bridgehead atoms. The number of hydrogen-bond donors (Lipinski definition) is 2. The number of rotatable bonds is 16. The lowest BCUT2D eigenvalue weighted by molar-refractivity contribution is -0.141. The van der Waals surface area contributed by atoms with Gasteiger partial charge in [-0.05, 0) is 102 Å². The summed E-state index contributed by atoms with van der Waals surface area (Å²) in [5, 5.41) is 19.4. The number of hydrogen-bond acceptors (Lipinski definition) is 3. The van der Waals surface area contributed by atoms with E-state index in [1.54, 1.807) is 6.92 Å². The van der Waals surface area contributed by atoms with Crippen LogP contribution in [0, 0.1) is 23.7 Å². The first-order chi connectivity index (χ1) is 16.1. The Morgan fingerprint density at radius 2 is 1.62 bits per heavy atom. The highest BCUT2D eigenvalue weighted by Crippen LogP contribution is 2.35. The summed E-state index contributed by atoms with van der Waals surface area (Å²) in [7, 11) is 0. The molecule has 6 atom stereocenters. The van der Waals surface area contributed by atoms with Crippen molar-refractivity contribution in [2.24, 2.45) is 23.7 Å². The van der Waals surface area contributed by atoms with E-state index in [0.717, 1.165) is 44.9 Å². The zero-order chi connectivity index (χ0) is 25.7. The maximum atomic E-state index is 10.9. The first-order valence-corrected chi connectivity index (χ1v) is 13.6. The van der Waals surface area contributed by atoms with E-state index >= 15 is 0 Å². The van der Waals surface area contributed by atoms with Gasteiger partial charge in [-0.2, -0.15) is 0 Å². The molecule has 0 saturated carbocycles. The second-order valence-corrected chi connectivity index (χ2v) is 10.8. The van der Waals surface area contributed by atoms with Gasteiger partial charge in [-0.1, -0.05) is 57.1 Å². The first-order valence-electron chi connectivity index (χ1n) is 13.6. The lowest BCUT2D eigenvalue weighted by atomic mass is 9.76. The van der Waals surface area contributed by atoms with Crippen molar-refractivity contribution in [1.82, 2.24) is 0 Å². The molecule has 4 nitrogen and oxygen atoms in total. The average Bonchev–Trinajstić information content (AvgIpc) is 2.78. The SMILES string of the molecule is CCOC1C(CCC(C)CC/C=C(\C)CCC/C(C)=C/CCC(C)C(=O)O)=CC(O)C(C)C1C. The maximum Gasteiger partial charge on any atom is 0.306 e. The smallest absolute Gasteiger partial charge is 0.306 e. The van der Waals surface area contributed by atoms with Gasteiger partial charge in [0, 0.05) is 6.61 Å². The molecule has 0 spiro atoms. The van der Waals surface area contributed by atoms with Crippen LogP contribution in [0.15, 0.2) is 34.9 Å². The Bertz CT molecular complexity index is 690. The zero-order valence-electron chi connectivity index (χ0n) is 23.0. The molecule has 0 aromatic rings. The fourth-order valence-corrected chi connectivity index (χ4v) is 4.78. The van der Waals surface area contributed by atoms with Gasteiger partial charge in [-0.3, -0.25) is 4.79 Å². The summed E-state index contributed by atoms with van der Waals surface area (Å²) >= 11 is 0. The third kappa shape index (κ3) is 11.4. The summed E-state index contributed by atoms with van der Waals surface area (Å²) in [5.41, 5.74) is 4.13. The van der Waals surface area contributed by atoms with E-state index in [9.17, 15) is 9.90 Å². The molecule has 1 rings (SSSR count). The summed E-state index contributed by atoms with van der Waals surface area (Å²) in [5.74, 6) is 0.275. The van der Waals surface area contributed by atoms with Crippen LogP contribution in [-0.2, 0) is 9.53 Å². The second kappa shape index (κ2) is 16.3. The highest BCUT2D eigenvalue weighted by atomic mass is 16.5. The lowest BCUT2D eigenvalue weighted by Crippen LogP contribution is -2.39. The molecule has 0 amide bonds. The number of aliphatic carboxylic acids is 1. The molecule has 34 heavy (non-hydrogen) atoms. The molecule has 1 aliphatic carbocycles. The Kier molecular flexibility index (Phi) is 14.7. The van der Waals surface area contributed by atoms with Gasteiger partial charge in [0.05, 0.1) is 18.1 Å². The average molecular weight is 477 g/mol. The summed E-state index contributed by atoms with van der Waals surface area (Å²) in [6, 6.07) is 0. The van der Waals surface area contributed by atoms with Crippen LogP contribution < -0.4 is 0 Å². The number of aliphatic hydroxyl groups is 1. The van der Waals surface area contributed by atoms with Gasteiger partial charge in [0.25, 0.3) is 0 Å². The molecular formula is C30H52O4. The monoisotopic (exact) mass is 476 g/mol. The third-order valence-corrected chi connectivity index (χ3v) is 7.68. The van der Waals surface area contributed by atoms with Crippen molar-refractivity contribution in [3.8, 4) is 0 Å². The number of ether oxygens (including phenoxy) is 1. The fraction of sp³-hybridized carbons (Fsp3) is 0.767. The van der Waals surface area contributed by atoms with Gasteiger partial charge < -0.3 is 14.9 Å². The minimum absolute atomic E-state index is 0.149. The molecule has 0 heterocycles. The van der Waals surface area contributed by atoms with Crippen LogP contribution in [0.1, 0.15) is 106 Å². The normalized spacial score (nSPS) is 25.7. The number of carboxylic acid groups (broad SMARTS) is 1. The largest absolute Gasteiger partial charge is 0.481 e. The van der Waals surface area contributed by atoms with Gasteiger partial charge >= 0.3 is 5.97 Å². The van der Waals surface area contributed by atoms with Gasteiger partial charge in [0.1, 0.15) is 0 Å². The summed E-state index contributed by atoms with van der Waals surface area (Å²) < 4.78 is 6.05. The molecule has 6 unspecified atom stereocenters. The Hall–Kier alpha value is -1.39. The van der Waals surface area contributed by atoms with Gasteiger partial charge in [0.15, 0.2) is 0 Å². The van der Waals surface area contributed by atoms with E-state index in [1.807, 2.05) is 0 Å². The third-order valence-electron chi connectivity index (χ3n) is 7.68. The van der Waals surface area contributed by atoms with E-state index in [2.05, 4.69) is 59.8 Å². The Morgan fingerprint density at radius 1 is 1.03 bits per heavy atom. The fourth-order valence-electron chi connectivity index (χ4n) is 4.78. The standard InChI is InChI=1S/C30H52O4/c1-8-34-29-26(7)25(6)28(31)20-27(29)19-18-23(4)15-10-14-21(2)12-9-13-22(3)16-11-17-24(5)30(32)33/h14,16,20,23-26,28-29,31H,8-13,15,17-19H2,1-7H3,(H,32,33)/b21-14+,22-16+. The Labute approximate surface area is 209 Å². The molecule has 2 N–H and O–H groups in total. The summed E-state index contributed by atoms with van der Waals surface area (Å²) in [4.78, 5) is 10.9. The van der Waals surface area contributed by atoms with Gasteiger partial charge in [-0.15, -0.1) is 0 Å². The van der Waals surface area contributed by atoms with E-state index in [0.29, 0.717) is 24.9 Å². The van der Waals surface area contributed by atoms with E-state index in [4.69, 9.17) is 9.84 Å².